The van der Waals surface area contributed by atoms with Crippen molar-refractivity contribution in [2.75, 3.05) is 36.5 Å². The van der Waals surface area contributed by atoms with Gasteiger partial charge in [-0.15, -0.1) is 0 Å². The maximum absolute atomic E-state index is 13.2. The molecule has 0 saturated carbocycles. The van der Waals surface area contributed by atoms with Gasteiger partial charge in [0.25, 0.3) is 5.91 Å². The standard InChI is InChI=1S/C25H24N4O4S/c30-23(20(15-17-5-2-1-3-6-17)27-24(31)21-7-4-12-33-21)26-18-8-9-19-22(16-18)34-25(28-19)29-10-13-32-14-11-29/h1-9,12,16,20H,10-11,13-15H2,(H,26,30)(H,27,31)/t20-/m0/s1. The van der Waals surface area contributed by atoms with Crippen LogP contribution in [0, 0.1) is 0 Å². The van der Waals surface area contributed by atoms with Gasteiger partial charge in [-0.2, -0.15) is 0 Å². The molecule has 8 nitrogen and oxygen atoms in total. The van der Waals surface area contributed by atoms with E-state index in [1.807, 2.05) is 48.5 Å². The Balaban J connectivity index is 1.33. The lowest BCUT2D eigenvalue weighted by atomic mass is 10.0. The fourth-order valence-corrected chi connectivity index (χ4v) is 4.86. The molecule has 1 aliphatic rings. The summed E-state index contributed by atoms with van der Waals surface area (Å²) in [6.07, 6.45) is 1.78. The van der Waals surface area contributed by atoms with Crippen molar-refractivity contribution in [3.63, 3.8) is 0 Å². The minimum atomic E-state index is -0.777. The molecule has 4 aromatic rings. The van der Waals surface area contributed by atoms with Gasteiger partial charge in [-0.05, 0) is 35.9 Å². The largest absolute Gasteiger partial charge is 0.459 e. The SMILES string of the molecule is O=C(N[C@@H](Cc1ccccc1)C(=O)Nc1ccc2nc(N3CCOCC3)sc2c1)c1ccco1. The highest BCUT2D eigenvalue weighted by atomic mass is 32.1. The summed E-state index contributed by atoms with van der Waals surface area (Å²) < 4.78 is 11.6. The molecule has 2 aromatic heterocycles. The van der Waals surface area contributed by atoms with Gasteiger partial charge in [0.1, 0.15) is 6.04 Å². The molecule has 0 spiro atoms. The number of hydrogen-bond acceptors (Lipinski definition) is 7. The van der Waals surface area contributed by atoms with Crippen LogP contribution in [0.3, 0.4) is 0 Å². The summed E-state index contributed by atoms with van der Waals surface area (Å²) in [5.74, 6) is -0.581. The Morgan fingerprint density at radius 3 is 2.65 bits per heavy atom. The predicted molar refractivity (Wildman–Crippen MR) is 131 cm³/mol. The second kappa shape index (κ2) is 10.1. The third-order valence-electron chi connectivity index (χ3n) is 5.58. The molecule has 0 radical (unpaired) electrons. The summed E-state index contributed by atoms with van der Waals surface area (Å²) in [7, 11) is 0. The van der Waals surface area contributed by atoms with Gasteiger partial charge in [-0.3, -0.25) is 9.59 Å². The van der Waals surface area contributed by atoms with Crippen molar-refractivity contribution in [1.82, 2.24) is 10.3 Å². The highest BCUT2D eigenvalue weighted by molar-refractivity contribution is 7.22. The highest BCUT2D eigenvalue weighted by Crippen LogP contribution is 2.31. The van der Waals surface area contributed by atoms with E-state index in [2.05, 4.69) is 15.5 Å². The molecule has 34 heavy (non-hydrogen) atoms. The molecule has 1 atom stereocenters. The molecule has 9 heteroatoms. The molecule has 174 valence electrons. The van der Waals surface area contributed by atoms with Crippen LogP contribution in [0.15, 0.2) is 71.3 Å². The van der Waals surface area contributed by atoms with Crippen LogP contribution in [-0.4, -0.2) is 49.1 Å². The van der Waals surface area contributed by atoms with Crippen molar-refractivity contribution < 1.29 is 18.7 Å². The smallest absolute Gasteiger partial charge is 0.287 e. The first-order chi connectivity index (χ1) is 16.7. The second-order valence-corrected chi connectivity index (χ2v) is 8.97. The zero-order valence-corrected chi connectivity index (χ0v) is 19.2. The Bertz CT molecular complexity index is 1270. The highest BCUT2D eigenvalue weighted by Gasteiger charge is 2.24. The minimum Gasteiger partial charge on any atom is -0.459 e. The number of benzene rings is 2. The van der Waals surface area contributed by atoms with Gasteiger partial charge in [-0.25, -0.2) is 4.98 Å². The fourth-order valence-electron chi connectivity index (χ4n) is 3.81. The van der Waals surface area contributed by atoms with Crippen molar-refractivity contribution in [3.8, 4) is 0 Å². The van der Waals surface area contributed by atoms with Crippen LogP contribution in [-0.2, 0) is 16.0 Å². The van der Waals surface area contributed by atoms with E-state index in [1.54, 1.807) is 23.5 Å². The van der Waals surface area contributed by atoms with E-state index in [-0.39, 0.29) is 11.7 Å². The number of carbonyl (C=O) groups excluding carboxylic acids is 2. The number of ether oxygens (including phenoxy) is 1. The predicted octanol–water partition coefficient (Wildman–Crippen LogP) is 3.71. The summed E-state index contributed by atoms with van der Waals surface area (Å²) >= 11 is 1.59. The van der Waals surface area contributed by atoms with Crippen molar-refractivity contribution in [3.05, 3.63) is 78.3 Å². The number of morpholine rings is 1. The number of hydrogen-bond donors (Lipinski definition) is 2. The Kier molecular flexibility index (Phi) is 6.55. The first-order valence-electron chi connectivity index (χ1n) is 11.1. The topological polar surface area (TPSA) is 96.7 Å². The van der Waals surface area contributed by atoms with Crippen molar-refractivity contribution in [2.45, 2.75) is 12.5 Å². The third-order valence-corrected chi connectivity index (χ3v) is 6.65. The first-order valence-corrected chi connectivity index (χ1v) is 11.9. The molecular formula is C25H24N4O4S. The molecule has 0 bridgehead atoms. The summed E-state index contributed by atoms with van der Waals surface area (Å²) in [6, 6.07) is 17.7. The van der Waals surface area contributed by atoms with Crippen LogP contribution < -0.4 is 15.5 Å². The van der Waals surface area contributed by atoms with E-state index >= 15 is 0 Å². The number of thiazole rings is 1. The molecule has 5 rings (SSSR count). The van der Waals surface area contributed by atoms with E-state index in [1.165, 1.54) is 6.26 Å². The van der Waals surface area contributed by atoms with Crippen molar-refractivity contribution in [2.24, 2.45) is 0 Å². The lowest BCUT2D eigenvalue weighted by Crippen LogP contribution is -2.45. The third kappa shape index (κ3) is 5.11. The molecule has 3 heterocycles. The number of aromatic nitrogens is 1. The lowest BCUT2D eigenvalue weighted by Gasteiger charge is -2.25. The van der Waals surface area contributed by atoms with Gasteiger partial charge in [0.05, 0.1) is 29.7 Å². The number of anilines is 2. The second-order valence-electron chi connectivity index (χ2n) is 7.96. The summed E-state index contributed by atoms with van der Waals surface area (Å²) in [5.41, 5.74) is 2.48. The molecular weight excluding hydrogens is 452 g/mol. The monoisotopic (exact) mass is 476 g/mol. The molecule has 1 aliphatic heterocycles. The van der Waals surface area contributed by atoms with Crippen LogP contribution in [0.4, 0.5) is 10.8 Å². The number of carbonyl (C=O) groups is 2. The maximum atomic E-state index is 13.2. The fraction of sp³-hybridized carbons (Fsp3) is 0.240. The van der Waals surface area contributed by atoms with E-state index in [0.717, 1.165) is 34.0 Å². The molecule has 0 aliphatic carbocycles. The molecule has 2 aromatic carbocycles. The summed E-state index contributed by atoms with van der Waals surface area (Å²) in [4.78, 5) is 32.7. The Morgan fingerprint density at radius 1 is 1.06 bits per heavy atom. The van der Waals surface area contributed by atoms with Crippen molar-refractivity contribution in [1.29, 1.82) is 0 Å². The summed E-state index contributed by atoms with van der Waals surface area (Å²) in [6.45, 7) is 3.04. The van der Waals surface area contributed by atoms with Gasteiger partial charge >= 0.3 is 0 Å². The number of amides is 2. The van der Waals surface area contributed by atoms with Crippen LogP contribution >= 0.6 is 11.3 Å². The average Bonchev–Trinajstić information content (AvgIpc) is 3.55. The molecule has 1 saturated heterocycles. The average molecular weight is 477 g/mol. The van der Waals surface area contributed by atoms with E-state index in [0.29, 0.717) is 25.3 Å². The van der Waals surface area contributed by atoms with E-state index in [9.17, 15) is 9.59 Å². The number of fused-ring (bicyclic) bond motifs is 1. The van der Waals surface area contributed by atoms with Crippen LogP contribution in [0.1, 0.15) is 16.1 Å². The number of furan rings is 1. The normalized spacial score (nSPS) is 14.6. The first kappa shape index (κ1) is 22.1. The number of nitrogens with one attached hydrogen (secondary N) is 2. The quantitative estimate of drug-likeness (QED) is 0.422. The van der Waals surface area contributed by atoms with Gasteiger partial charge in [0, 0.05) is 25.2 Å². The Labute approximate surface area is 200 Å². The summed E-state index contributed by atoms with van der Waals surface area (Å²) in [5, 5.41) is 6.71. The maximum Gasteiger partial charge on any atom is 0.287 e. The zero-order valence-electron chi connectivity index (χ0n) is 18.4. The minimum absolute atomic E-state index is 0.160. The van der Waals surface area contributed by atoms with Crippen LogP contribution in [0.5, 0.6) is 0 Å². The van der Waals surface area contributed by atoms with Gasteiger partial charge < -0.3 is 24.7 Å². The van der Waals surface area contributed by atoms with Crippen LogP contribution in [0.2, 0.25) is 0 Å². The van der Waals surface area contributed by atoms with E-state index in [4.69, 9.17) is 14.1 Å². The van der Waals surface area contributed by atoms with E-state index < -0.39 is 11.9 Å². The molecule has 2 amide bonds. The van der Waals surface area contributed by atoms with Crippen LogP contribution in [0.25, 0.3) is 10.2 Å². The number of nitrogens with zero attached hydrogens (tertiary/aromatic N) is 2. The Morgan fingerprint density at radius 2 is 1.88 bits per heavy atom. The van der Waals surface area contributed by atoms with Gasteiger partial charge in [0.2, 0.25) is 5.91 Å². The van der Waals surface area contributed by atoms with Gasteiger partial charge in [0.15, 0.2) is 10.9 Å². The number of rotatable bonds is 7. The van der Waals surface area contributed by atoms with Crippen molar-refractivity contribution >= 4 is 44.2 Å². The lowest BCUT2D eigenvalue weighted by molar-refractivity contribution is -0.118. The van der Waals surface area contributed by atoms with Gasteiger partial charge in [-0.1, -0.05) is 41.7 Å². The molecule has 1 fully saturated rings. The Hall–Kier alpha value is -3.69. The molecule has 0 unspecified atom stereocenters. The molecule has 2 N–H and O–H groups in total. The zero-order chi connectivity index (χ0) is 23.3.